The van der Waals surface area contributed by atoms with Crippen molar-refractivity contribution in [2.75, 3.05) is 42.9 Å². The predicted octanol–water partition coefficient (Wildman–Crippen LogP) is 3.89. The lowest BCUT2D eigenvalue weighted by Crippen LogP contribution is -2.46. The first-order valence-electron chi connectivity index (χ1n) is 10.7. The van der Waals surface area contributed by atoms with Gasteiger partial charge in [0.25, 0.3) is 0 Å². The Bertz CT molecular complexity index is 808. The molecule has 0 radical (unpaired) electrons. The lowest BCUT2D eigenvalue weighted by molar-refractivity contribution is 0.270. The molecule has 0 spiro atoms. The van der Waals surface area contributed by atoms with E-state index in [1.807, 2.05) is 12.3 Å². The smallest absolute Gasteiger partial charge is 0.193 e. The minimum Gasteiger partial charge on any atom is -0.370 e. The van der Waals surface area contributed by atoms with Crippen LogP contribution in [0.25, 0.3) is 0 Å². The molecule has 1 saturated heterocycles. The summed E-state index contributed by atoms with van der Waals surface area (Å²) in [5, 5.41) is 3.34. The minimum atomic E-state index is 0. The molecule has 1 aliphatic rings. The van der Waals surface area contributed by atoms with Gasteiger partial charge in [-0.1, -0.05) is 39.0 Å². The van der Waals surface area contributed by atoms with Crippen LogP contribution in [0.1, 0.15) is 37.5 Å². The second kappa shape index (κ2) is 12.1. The molecule has 0 bridgehead atoms. The van der Waals surface area contributed by atoms with E-state index in [-0.39, 0.29) is 24.0 Å². The normalized spacial score (nSPS) is 15.0. The number of nitrogens with zero attached hydrogens (tertiary/aromatic N) is 4. The van der Waals surface area contributed by atoms with Crippen molar-refractivity contribution in [2.45, 2.75) is 40.2 Å². The second-order valence-corrected chi connectivity index (χ2v) is 7.43. The molecular weight excluding hydrogens is 487 g/mol. The van der Waals surface area contributed by atoms with Crippen molar-refractivity contribution in [1.82, 2.24) is 9.88 Å². The number of para-hydroxylation sites is 1. The first-order chi connectivity index (χ1) is 14.1. The summed E-state index contributed by atoms with van der Waals surface area (Å²) in [6.45, 7) is 12.4. The van der Waals surface area contributed by atoms with Crippen molar-refractivity contribution < 1.29 is 0 Å². The summed E-state index contributed by atoms with van der Waals surface area (Å²) in [6, 6.07) is 10.5. The lowest BCUT2D eigenvalue weighted by Gasteiger charge is -2.34. The second-order valence-electron chi connectivity index (χ2n) is 7.43. The van der Waals surface area contributed by atoms with Gasteiger partial charge in [-0.25, -0.2) is 9.98 Å². The number of anilines is 2. The van der Waals surface area contributed by atoms with E-state index in [0.717, 1.165) is 62.6 Å². The van der Waals surface area contributed by atoms with E-state index < -0.39 is 0 Å². The number of aromatic nitrogens is 1. The van der Waals surface area contributed by atoms with Gasteiger partial charge in [0.05, 0.1) is 6.54 Å². The fourth-order valence-electron chi connectivity index (χ4n) is 3.77. The molecule has 7 heteroatoms. The van der Waals surface area contributed by atoms with Gasteiger partial charge in [-0.05, 0) is 48.2 Å². The molecule has 1 fully saturated rings. The Balaban J connectivity index is 0.00000320. The molecule has 3 rings (SSSR count). The van der Waals surface area contributed by atoms with E-state index in [1.54, 1.807) is 0 Å². The van der Waals surface area contributed by atoms with Gasteiger partial charge in [0, 0.05) is 38.1 Å². The van der Waals surface area contributed by atoms with Crippen molar-refractivity contribution >= 4 is 41.4 Å². The number of guanidine groups is 1. The topological polar surface area (TPSA) is 69.8 Å². The minimum absolute atomic E-state index is 0. The highest BCUT2D eigenvalue weighted by Crippen LogP contribution is 2.22. The number of piperazine rings is 1. The van der Waals surface area contributed by atoms with Crippen molar-refractivity contribution in [1.29, 1.82) is 0 Å². The van der Waals surface area contributed by atoms with Crippen LogP contribution in [0.15, 0.2) is 41.5 Å². The Labute approximate surface area is 198 Å². The molecule has 1 aromatic heterocycles. The van der Waals surface area contributed by atoms with Gasteiger partial charge >= 0.3 is 0 Å². The van der Waals surface area contributed by atoms with Crippen LogP contribution in [0.5, 0.6) is 0 Å². The molecule has 0 aliphatic carbocycles. The molecule has 164 valence electrons. The van der Waals surface area contributed by atoms with Crippen molar-refractivity contribution in [3.63, 3.8) is 0 Å². The highest BCUT2D eigenvalue weighted by atomic mass is 127. The summed E-state index contributed by atoms with van der Waals surface area (Å²) in [7, 11) is 0. The Morgan fingerprint density at radius 2 is 1.73 bits per heavy atom. The SMILES string of the molecule is CCc1cccc(CC)c1NC(N)=NCc1ccnc(N2CCN(CC)CC2)c1.I. The molecule has 3 N–H and O–H groups in total. The highest BCUT2D eigenvalue weighted by Gasteiger charge is 2.16. The molecule has 30 heavy (non-hydrogen) atoms. The molecule has 0 amide bonds. The van der Waals surface area contributed by atoms with Gasteiger partial charge in [0.2, 0.25) is 0 Å². The predicted molar refractivity (Wildman–Crippen MR) is 138 cm³/mol. The van der Waals surface area contributed by atoms with E-state index in [4.69, 9.17) is 5.73 Å². The van der Waals surface area contributed by atoms with Crippen LogP contribution in [-0.4, -0.2) is 48.6 Å². The Kier molecular flexibility index (Phi) is 9.84. The molecule has 2 aromatic rings. The van der Waals surface area contributed by atoms with Gasteiger partial charge in [-0.3, -0.25) is 0 Å². The number of nitrogens with one attached hydrogen (secondary N) is 1. The zero-order chi connectivity index (χ0) is 20.6. The van der Waals surface area contributed by atoms with Crippen LogP contribution >= 0.6 is 24.0 Å². The van der Waals surface area contributed by atoms with Crippen LogP contribution in [0.2, 0.25) is 0 Å². The molecule has 1 aromatic carbocycles. The van der Waals surface area contributed by atoms with E-state index in [2.05, 4.69) is 70.1 Å². The van der Waals surface area contributed by atoms with Crippen LogP contribution in [0.4, 0.5) is 11.5 Å². The molecule has 0 atom stereocenters. The monoisotopic (exact) mass is 522 g/mol. The highest BCUT2D eigenvalue weighted by molar-refractivity contribution is 14.0. The molecular formula is C23H35IN6. The average molecular weight is 522 g/mol. The summed E-state index contributed by atoms with van der Waals surface area (Å²) < 4.78 is 0. The zero-order valence-electron chi connectivity index (χ0n) is 18.4. The van der Waals surface area contributed by atoms with Gasteiger partial charge in [0.15, 0.2) is 5.96 Å². The summed E-state index contributed by atoms with van der Waals surface area (Å²) in [6.07, 6.45) is 3.79. The summed E-state index contributed by atoms with van der Waals surface area (Å²) in [5.74, 6) is 1.49. The van der Waals surface area contributed by atoms with Crippen molar-refractivity contribution in [3.8, 4) is 0 Å². The van der Waals surface area contributed by atoms with Gasteiger partial charge in [-0.2, -0.15) is 0 Å². The third-order valence-electron chi connectivity index (χ3n) is 5.64. The van der Waals surface area contributed by atoms with Crippen LogP contribution < -0.4 is 16.0 Å². The standard InChI is InChI=1S/C23H34N6.HI/c1-4-19-8-7-9-20(5-2)22(19)27-23(24)26-17-18-10-11-25-21(16-18)29-14-12-28(6-3)13-15-29;/h7-11,16H,4-6,12-15,17H2,1-3H3,(H3,24,26,27);1H. The maximum Gasteiger partial charge on any atom is 0.193 e. The van der Waals surface area contributed by atoms with E-state index in [1.165, 1.54) is 11.1 Å². The zero-order valence-corrected chi connectivity index (χ0v) is 20.7. The summed E-state index contributed by atoms with van der Waals surface area (Å²) in [4.78, 5) is 14.0. The Morgan fingerprint density at radius 1 is 1.07 bits per heavy atom. The first-order valence-corrected chi connectivity index (χ1v) is 10.7. The molecule has 6 nitrogen and oxygen atoms in total. The molecule has 2 heterocycles. The number of likely N-dealkylation sites (N-methyl/N-ethyl adjacent to an activating group) is 1. The van der Waals surface area contributed by atoms with Crippen molar-refractivity contribution in [3.05, 3.63) is 53.2 Å². The van der Waals surface area contributed by atoms with Gasteiger partial charge in [0.1, 0.15) is 5.82 Å². The van der Waals surface area contributed by atoms with Crippen LogP contribution in [0.3, 0.4) is 0 Å². The number of halogens is 1. The van der Waals surface area contributed by atoms with Gasteiger partial charge in [-0.15, -0.1) is 24.0 Å². The van der Waals surface area contributed by atoms with E-state index in [9.17, 15) is 0 Å². The van der Waals surface area contributed by atoms with Crippen molar-refractivity contribution in [2.24, 2.45) is 10.7 Å². The van der Waals surface area contributed by atoms with Crippen LogP contribution in [-0.2, 0) is 19.4 Å². The largest absolute Gasteiger partial charge is 0.370 e. The maximum atomic E-state index is 6.22. The number of hydrogen-bond acceptors (Lipinski definition) is 4. The third-order valence-corrected chi connectivity index (χ3v) is 5.64. The Hall–Kier alpha value is -1.87. The van der Waals surface area contributed by atoms with E-state index >= 15 is 0 Å². The number of benzene rings is 1. The molecule has 1 aliphatic heterocycles. The van der Waals surface area contributed by atoms with E-state index in [0.29, 0.717) is 12.5 Å². The average Bonchev–Trinajstić information content (AvgIpc) is 2.78. The Morgan fingerprint density at radius 3 is 2.33 bits per heavy atom. The fourth-order valence-corrected chi connectivity index (χ4v) is 3.77. The molecule has 0 unspecified atom stereocenters. The maximum absolute atomic E-state index is 6.22. The number of hydrogen-bond donors (Lipinski definition) is 2. The third kappa shape index (κ3) is 6.31. The number of rotatable bonds is 7. The number of aliphatic imine (C=N–C) groups is 1. The summed E-state index contributed by atoms with van der Waals surface area (Å²) in [5.41, 5.74) is 11.0. The fraction of sp³-hybridized carbons (Fsp3) is 0.478. The summed E-state index contributed by atoms with van der Waals surface area (Å²) >= 11 is 0. The van der Waals surface area contributed by atoms with Gasteiger partial charge < -0.3 is 20.9 Å². The lowest BCUT2D eigenvalue weighted by atomic mass is 10.0. The van der Waals surface area contributed by atoms with Crippen LogP contribution in [0, 0.1) is 0 Å². The number of nitrogens with two attached hydrogens (primary N) is 1. The first kappa shape index (κ1) is 24.4. The number of pyridine rings is 1. The molecule has 0 saturated carbocycles. The quantitative estimate of drug-likeness (QED) is 0.328. The number of aryl methyl sites for hydroxylation is 2.